The summed E-state index contributed by atoms with van der Waals surface area (Å²) in [6.45, 7) is 1.84. The molecule has 8 heteroatoms. The highest BCUT2D eigenvalue weighted by molar-refractivity contribution is 9.11. The molecule has 0 aliphatic heterocycles. The molecule has 5 nitrogen and oxygen atoms in total. The van der Waals surface area contributed by atoms with E-state index >= 15 is 0 Å². The summed E-state index contributed by atoms with van der Waals surface area (Å²) in [6.07, 6.45) is 2.91. The van der Waals surface area contributed by atoms with Crippen molar-refractivity contribution >= 4 is 59.9 Å². The van der Waals surface area contributed by atoms with Crippen LogP contribution in [0, 0.1) is 6.92 Å². The highest BCUT2D eigenvalue weighted by Crippen LogP contribution is 2.38. The number of rotatable bonds is 3. The number of amides is 1. The van der Waals surface area contributed by atoms with Gasteiger partial charge in [0, 0.05) is 21.9 Å². The largest absolute Gasteiger partial charge is 0.506 e. The molecule has 0 radical (unpaired) electrons. The number of nitrogens with zero attached hydrogens (tertiary/aromatic N) is 2. The van der Waals surface area contributed by atoms with Crippen LogP contribution in [0.4, 0.5) is 0 Å². The number of pyridine rings is 1. The Morgan fingerprint density at radius 1 is 1.32 bits per heavy atom. The monoisotopic (exact) mass is 489 g/mol. The number of hydrazone groups is 1. The standard InChI is InChI=1S/C14H10Br3N3O2/c1-7-2-3-8(5-18-7)14(22)20-19-6-9-10(15)4-11(16)13(21)12(9)17/h2-6,21H,1H3,(H,20,22)/b19-6+. The van der Waals surface area contributed by atoms with Gasteiger partial charge < -0.3 is 5.11 Å². The first-order chi connectivity index (χ1) is 10.4. The van der Waals surface area contributed by atoms with Gasteiger partial charge in [0.05, 0.1) is 20.7 Å². The van der Waals surface area contributed by atoms with E-state index in [1.165, 1.54) is 12.4 Å². The molecule has 0 bridgehead atoms. The van der Waals surface area contributed by atoms with Gasteiger partial charge in [0.2, 0.25) is 0 Å². The molecule has 0 aliphatic carbocycles. The highest BCUT2D eigenvalue weighted by Gasteiger charge is 2.12. The Hall–Kier alpha value is -1.25. The van der Waals surface area contributed by atoms with Gasteiger partial charge in [-0.1, -0.05) is 15.9 Å². The second-order valence-corrected chi connectivity index (χ2v) is 6.81. The van der Waals surface area contributed by atoms with Gasteiger partial charge in [0.25, 0.3) is 5.91 Å². The molecule has 1 amide bonds. The molecular formula is C14H10Br3N3O2. The first kappa shape index (κ1) is 17.1. The zero-order chi connectivity index (χ0) is 16.3. The maximum absolute atomic E-state index is 11.9. The van der Waals surface area contributed by atoms with Gasteiger partial charge >= 0.3 is 0 Å². The van der Waals surface area contributed by atoms with E-state index in [9.17, 15) is 9.90 Å². The third kappa shape index (κ3) is 3.93. The van der Waals surface area contributed by atoms with Crippen LogP contribution in [0.25, 0.3) is 0 Å². The minimum atomic E-state index is -0.364. The van der Waals surface area contributed by atoms with E-state index in [4.69, 9.17) is 0 Å². The van der Waals surface area contributed by atoms with Crippen LogP contribution in [0.1, 0.15) is 21.6 Å². The molecule has 0 aliphatic rings. The maximum Gasteiger partial charge on any atom is 0.272 e. The quantitative estimate of drug-likeness (QED) is 0.500. The molecule has 0 unspecified atom stereocenters. The minimum absolute atomic E-state index is 0.0544. The molecule has 114 valence electrons. The SMILES string of the molecule is Cc1ccc(C(=O)N/N=C/c2c(Br)cc(Br)c(O)c2Br)cn1. The zero-order valence-corrected chi connectivity index (χ0v) is 16.0. The van der Waals surface area contributed by atoms with Gasteiger partial charge in [0.15, 0.2) is 0 Å². The molecule has 22 heavy (non-hydrogen) atoms. The van der Waals surface area contributed by atoms with Crippen molar-refractivity contribution in [3.63, 3.8) is 0 Å². The van der Waals surface area contributed by atoms with Gasteiger partial charge in [0.1, 0.15) is 5.75 Å². The Morgan fingerprint density at radius 2 is 2.05 bits per heavy atom. The van der Waals surface area contributed by atoms with E-state index in [1.54, 1.807) is 18.2 Å². The Morgan fingerprint density at radius 3 is 2.68 bits per heavy atom. The van der Waals surface area contributed by atoms with E-state index in [1.807, 2.05) is 6.92 Å². The first-order valence-electron chi connectivity index (χ1n) is 6.02. The fraction of sp³-hybridized carbons (Fsp3) is 0.0714. The van der Waals surface area contributed by atoms with Crippen LogP contribution < -0.4 is 5.43 Å². The topological polar surface area (TPSA) is 74.6 Å². The minimum Gasteiger partial charge on any atom is -0.506 e. The summed E-state index contributed by atoms with van der Waals surface area (Å²) in [4.78, 5) is 15.9. The second kappa shape index (κ2) is 7.34. The number of hydrogen-bond donors (Lipinski definition) is 2. The number of aromatic hydroxyl groups is 1. The van der Waals surface area contributed by atoms with E-state index < -0.39 is 0 Å². The summed E-state index contributed by atoms with van der Waals surface area (Å²) in [5, 5.41) is 13.7. The van der Waals surface area contributed by atoms with E-state index in [0.29, 0.717) is 24.5 Å². The maximum atomic E-state index is 11.9. The molecule has 0 saturated carbocycles. The summed E-state index contributed by atoms with van der Waals surface area (Å²) >= 11 is 9.87. The third-order valence-electron chi connectivity index (χ3n) is 2.71. The fourth-order valence-electron chi connectivity index (χ4n) is 1.54. The lowest BCUT2D eigenvalue weighted by molar-refractivity contribution is 0.0955. The first-order valence-corrected chi connectivity index (χ1v) is 8.40. The summed E-state index contributed by atoms with van der Waals surface area (Å²) in [6, 6.07) is 5.11. The van der Waals surface area contributed by atoms with Crippen LogP contribution in [-0.2, 0) is 0 Å². The van der Waals surface area contributed by atoms with Crippen molar-refractivity contribution in [1.82, 2.24) is 10.4 Å². The number of carbonyl (C=O) groups is 1. The van der Waals surface area contributed by atoms with E-state index in [2.05, 4.69) is 63.3 Å². The van der Waals surface area contributed by atoms with Crippen molar-refractivity contribution in [3.05, 3.63) is 54.6 Å². The third-order valence-corrected chi connectivity index (χ3v) is 4.78. The Kier molecular flexibility index (Phi) is 5.71. The van der Waals surface area contributed by atoms with Crippen LogP contribution in [0.15, 0.2) is 42.9 Å². The molecule has 0 fully saturated rings. The average Bonchev–Trinajstić information content (AvgIpc) is 2.49. The molecule has 0 saturated heterocycles. The van der Waals surface area contributed by atoms with Crippen LogP contribution in [-0.4, -0.2) is 22.2 Å². The molecule has 0 atom stereocenters. The predicted octanol–water partition coefficient (Wildman–Crippen LogP) is 4.15. The number of aryl methyl sites for hydroxylation is 1. The number of hydrogen-bond acceptors (Lipinski definition) is 4. The number of carbonyl (C=O) groups excluding carboxylic acids is 1. The molecule has 0 spiro atoms. The normalized spacial score (nSPS) is 10.9. The van der Waals surface area contributed by atoms with E-state index in [0.717, 1.165) is 5.69 Å². The Labute approximate surface area is 152 Å². The lowest BCUT2D eigenvalue weighted by Gasteiger charge is -2.06. The number of halogens is 3. The smallest absolute Gasteiger partial charge is 0.272 e. The summed E-state index contributed by atoms with van der Waals surface area (Å²) in [7, 11) is 0. The molecule has 2 aromatic rings. The molecule has 1 aromatic heterocycles. The van der Waals surface area contributed by atoms with Crippen LogP contribution in [0.5, 0.6) is 5.75 Å². The van der Waals surface area contributed by atoms with Gasteiger partial charge in [-0.25, -0.2) is 5.43 Å². The number of benzene rings is 1. The Balaban J connectivity index is 2.15. The predicted molar refractivity (Wildman–Crippen MR) is 95.2 cm³/mol. The van der Waals surface area contributed by atoms with Crippen molar-refractivity contribution in [2.75, 3.05) is 0 Å². The molecule has 1 heterocycles. The van der Waals surface area contributed by atoms with Gasteiger partial charge in [-0.3, -0.25) is 9.78 Å². The van der Waals surface area contributed by atoms with Crippen LogP contribution >= 0.6 is 47.8 Å². The van der Waals surface area contributed by atoms with Crippen LogP contribution in [0.2, 0.25) is 0 Å². The number of aromatic nitrogens is 1. The molecule has 2 rings (SSSR count). The average molecular weight is 492 g/mol. The second-order valence-electron chi connectivity index (χ2n) is 4.30. The summed E-state index contributed by atoms with van der Waals surface area (Å²) < 4.78 is 1.71. The molecule has 1 aromatic carbocycles. The molecule has 2 N–H and O–H groups in total. The summed E-state index contributed by atoms with van der Waals surface area (Å²) in [5.41, 5.74) is 4.26. The van der Waals surface area contributed by atoms with Crippen molar-refractivity contribution in [2.24, 2.45) is 5.10 Å². The number of nitrogens with one attached hydrogen (secondary N) is 1. The van der Waals surface area contributed by atoms with Crippen molar-refractivity contribution < 1.29 is 9.90 Å². The number of phenolic OH excluding ortho intramolecular Hbond substituents is 1. The van der Waals surface area contributed by atoms with Crippen molar-refractivity contribution in [3.8, 4) is 5.75 Å². The zero-order valence-electron chi connectivity index (χ0n) is 11.3. The van der Waals surface area contributed by atoms with Gasteiger partial charge in [-0.2, -0.15) is 5.10 Å². The van der Waals surface area contributed by atoms with Gasteiger partial charge in [-0.15, -0.1) is 0 Å². The summed E-state index contributed by atoms with van der Waals surface area (Å²) in [5.74, 6) is -0.309. The van der Waals surface area contributed by atoms with Crippen LogP contribution in [0.3, 0.4) is 0 Å². The highest BCUT2D eigenvalue weighted by atomic mass is 79.9. The van der Waals surface area contributed by atoms with Gasteiger partial charge in [-0.05, 0) is 57.0 Å². The number of phenols is 1. The fourth-order valence-corrected chi connectivity index (χ4v) is 3.86. The molecular weight excluding hydrogens is 482 g/mol. The van der Waals surface area contributed by atoms with Crippen molar-refractivity contribution in [1.29, 1.82) is 0 Å². The Bertz CT molecular complexity index is 746. The van der Waals surface area contributed by atoms with Crippen molar-refractivity contribution in [2.45, 2.75) is 6.92 Å². The van der Waals surface area contributed by atoms with E-state index in [-0.39, 0.29) is 11.7 Å². The lowest BCUT2D eigenvalue weighted by atomic mass is 10.2. The lowest BCUT2D eigenvalue weighted by Crippen LogP contribution is -2.17.